The van der Waals surface area contributed by atoms with Crippen LogP contribution in [0.3, 0.4) is 0 Å². The smallest absolute Gasteiger partial charge is 0.278 e. The Morgan fingerprint density at radius 1 is 0.938 bits per heavy atom. The minimum atomic E-state index is -0.406. The van der Waals surface area contributed by atoms with Crippen molar-refractivity contribution in [1.82, 2.24) is 15.3 Å². The van der Waals surface area contributed by atoms with E-state index >= 15 is 0 Å². The summed E-state index contributed by atoms with van der Waals surface area (Å²) in [6.07, 6.45) is 1.68. The molecule has 0 aliphatic heterocycles. The zero-order chi connectivity index (χ0) is 22.3. The molecule has 1 amide bonds. The Morgan fingerprint density at radius 2 is 1.66 bits per heavy atom. The van der Waals surface area contributed by atoms with Crippen molar-refractivity contribution in [3.05, 3.63) is 96.2 Å². The highest BCUT2D eigenvalue weighted by Gasteiger charge is 2.22. The molecule has 1 aromatic heterocycles. The molecule has 7 heteroatoms. The average molecular weight is 429 g/mol. The average Bonchev–Trinajstić information content (AvgIpc) is 3.30. The third-order valence-electron chi connectivity index (χ3n) is 4.89. The summed E-state index contributed by atoms with van der Waals surface area (Å²) in [7, 11) is 3.15. The highest BCUT2D eigenvalue weighted by molar-refractivity contribution is 6.00. The van der Waals surface area contributed by atoms with E-state index in [1.165, 1.54) is 0 Å². The molecule has 0 radical (unpaired) electrons. The molecule has 0 spiro atoms. The van der Waals surface area contributed by atoms with Gasteiger partial charge in [0.2, 0.25) is 0 Å². The van der Waals surface area contributed by atoms with Gasteiger partial charge in [-0.15, -0.1) is 0 Å². The van der Waals surface area contributed by atoms with E-state index in [0.29, 0.717) is 28.3 Å². The molecule has 0 aliphatic rings. The fraction of sp³-hybridized carbons (Fsp3) is 0.120. The Bertz CT molecular complexity index is 1190. The van der Waals surface area contributed by atoms with Crippen LogP contribution in [0.25, 0.3) is 16.9 Å². The van der Waals surface area contributed by atoms with Gasteiger partial charge < -0.3 is 9.47 Å². The quantitative estimate of drug-likeness (QED) is 0.420. The Labute approximate surface area is 186 Å². The summed E-state index contributed by atoms with van der Waals surface area (Å²) >= 11 is 0. The first-order valence-corrected chi connectivity index (χ1v) is 10.0. The molecule has 1 N–H and O–H groups in total. The Kier molecular flexibility index (Phi) is 6.48. The van der Waals surface area contributed by atoms with Crippen molar-refractivity contribution in [3.8, 4) is 28.4 Å². The van der Waals surface area contributed by atoms with Crippen LogP contribution in [0.4, 0.5) is 0 Å². The Morgan fingerprint density at radius 3 is 2.34 bits per heavy atom. The van der Waals surface area contributed by atoms with Gasteiger partial charge in [-0.3, -0.25) is 9.63 Å². The van der Waals surface area contributed by atoms with E-state index in [-0.39, 0.29) is 6.61 Å². The van der Waals surface area contributed by atoms with Crippen molar-refractivity contribution in [2.75, 3.05) is 14.2 Å². The van der Waals surface area contributed by atoms with Crippen LogP contribution in [-0.2, 0) is 11.4 Å². The summed E-state index contributed by atoms with van der Waals surface area (Å²) in [6.45, 7) is 0.251. The van der Waals surface area contributed by atoms with Gasteiger partial charge >= 0.3 is 0 Å². The van der Waals surface area contributed by atoms with Gasteiger partial charge in [0.25, 0.3) is 5.91 Å². The van der Waals surface area contributed by atoms with Crippen LogP contribution in [0.2, 0.25) is 0 Å². The van der Waals surface area contributed by atoms with E-state index in [1.54, 1.807) is 37.2 Å². The van der Waals surface area contributed by atoms with Crippen molar-refractivity contribution in [1.29, 1.82) is 0 Å². The number of hydrogen-bond acceptors (Lipinski definition) is 5. The molecular formula is C25H23N3O4. The molecule has 0 atom stereocenters. The molecule has 0 saturated carbocycles. The first kappa shape index (κ1) is 21.1. The summed E-state index contributed by atoms with van der Waals surface area (Å²) in [5, 5.41) is 4.68. The molecule has 0 bridgehead atoms. The summed E-state index contributed by atoms with van der Waals surface area (Å²) in [6, 6.07) is 24.5. The lowest BCUT2D eigenvalue weighted by molar-refractivity contribution is 0.0234. The third kappa shape index (κ3) is 4.63. The molecule has 162 valence electrons. The Balaban J connectivity index is 1.67. The number of rotatable bonds is 8. The molecule has 3 aromatic carbocycles. The highest BCUT2D eigenvalue weighted by atomic mass is 16.6. The maximum atomic E-state index is 13.0. The lowest BCUT2D eigenvalue weighted by Gasteiger charge is -2.10. The van der Waals surface area contributed by atoms with E-state index < -0.39 is 5.91 Å². The van der Waals surface area contributed by atoms with Crippen LogP contribution in [0, 0.1) is 0 Å². The van der Waals surface area contributed by atoms with Crippen molar-refractivity contribution in [3.63, 3.8) is 0 Å². The van der Waals surface area contributed by atoms with Gasteiger partial charge in [0.15, 0.2) is 0 Å². The van der Waals surface area contributed by atoms with Crippen LogP contribution in [-0.4, -0.2) is 29.9 Å². The molecule has 4 aromatic rings. The molecule has 0 aliphatic carbocycles. The number of carbonyl (C=O) groups is 1. The monoisotopic (exact) mass is 429 g/mol. The minimum Gasteiger partial charge on any atom is -0.497 e. The summed E-state index contributed by atoms with van der Waals surface area (Å²) in [4.78, 5) is 18.5. The molecular weight excluding hydrogens is 406 g/mol. The molecule has 0 unspecified atom stereocenters. The molecule has 1 heterocycles. The van der Waals surface area contributed by atoms with Crippen molar-refractivity contribution in [2.45, 2.75) is 6.61 Å². The number of benzene rings is 3. The van der Waals surface area contributed by atoms with E-state index in [4.69, 9.17) is 14.3 Å². The maximum absolute atomic E-state index is 13.0. The van der Waals surface area contributed by atoms with Gasteiger partial charge in [-0.05, 0) is 29.8 Å². The second-order valence-electron chi connectivity index (χ2n) is 6.94. The van der Waals surface area contributed by atoms with Crippen LogP contribution in [0.5, 0.6) is 11.5 Å². The van der Waals surface area contributed by atoms with E-state index in [0.717, 1.165) is 11.3 Å². The predicted molar refractivity (Wildman–Crippen MR) is 121 cm³/mol. The van der Waals surface area contributed by atoms with Gasteiger partial charge in [-0.1, -0.05) is 48.5 Å². The van der Waals surface area contributed by atoms with E-state index in [2.05, 4.69) is 10.6 Å². The largest absolute Gasteiger partial charge is 0.497 e. The minimum absolute atomic E-state index is 0.251. The second-order valence-corrected chi connectivity index (χ2v) is 6.94. The molecule has 7 nitrogen and oxygen atoms in total. The zero-order valence-corrected chi connectivity index (χ0v) is 17.8. The van der Waals surface area contributed by atoms with Crippen LogP contribution in [0.15, 0.2) is 85.1 Å². The number of nitrogens with zero attached hydrogens (tertiary/aromatic N) is 2. The second kappa shape index (κ2) is 9.80. The summed E-state index contributed by atoms with van der Waals surface area (Å²) in [5.74, 6) is 0.781. The van der Waals surface area contributed by atoms with E-state index in [9.17, 15) is 4.79 Å². The SMILES string of the molecule is COc1ccc(-c2nn(-c3ccccc3)cc2C(=O)NOCc2ccccc2)c(OC)c1. The maximum Gasteiger partial charge on any atom is 0.278 e. The number of aromatic nitrogens is 2. The number of methoxy groups -OCH3 is 2. The molecule has 0 saturated heterocycles. The fourth-order valence-corrected chi connectivity index (χ4v) is 3.26. The number of ether oxygens (including phenoxy) is 2. The predicted octanol–water partition coefficient (Wildman–Crippen LogP) is 4.42. The lowest BCUT2D eigenvalue weighted by atomic mass is 10.1. The van der Waals surface area contributed by atoms with Gasteiger partial charge in [-0.25, -0.2) is 10.2 Å². The van der Waals surface area contributed by atoms with Crippen LogP contribution >= 0.6 is 0 Å². The third-order valence-corrected chi connectivity index (χ3v) is 4.89. The zero-order valence-electron chi connectivity index (χ0n) is 17.8. The first-order chi connectivity index (χ1) is 15.7. The number of nitrogens with one attached hydrogen (secondary N) is 1. The van der Waals surface area contributed by atoms with Gasteiger partial charge in [0.1, 0.15) is 17.2 Å². The first-order valence-electron chi connectivity index (χ1n) is 10.0. The highest BCUT2D eigenvalue weighted by Crippen LogP contribution is 2.34. The van der Waals surface area contributed by atoms with Crippen molar-refractivity contribution >= 4 is 5.91 Å². The lowest BCUT2D eigenvalue weighted by Crippen LogP contribution is -2.23. The number of para-hydroxylation sites is 1. The van der Waals surface area contributed by atoms with Crippen molar-refractivity contribution < 1.29 is 19.1 Å². The summed E-state index contributed by atoms with van der Waals surface area (Å²) < 4.78 is 12.5. The van der Waals surface area contributed by atoms with Gasteiger partial charge in [-0.2, -0.15) is 5.10 Å². The van der Waals surface area contributed by atoms with E-state index in [1.807, 2.05) is 66.7 Å². The normalized spacial score (nSPS) is 10.6. The molecule has 4 rings (SSSR count). The van der Waals surface area contributed by atoms with Gasteiger partial charge in [0.05, 0.1) is 32.1 Å². The Hall–Kier alpha value is -4.10. The topological polar surface area (TPSA) is 74.6 Å². The van der Waals surface area contributed by atoms with Crippen LogP contribution in [0.1, 0.15) is 15.9 Å². The number of hydroxylamine groups is 1. The molecule has 32 heavy (non-hydrogen) atoms. The number of carbonyl (C=O) groups excluding carboxylic acids is 1. The molecule has 0 fully saturated rings. The fourth-order valence-electron chi connectivity index (χ4n) is 3.26. The van der Waals surface area contributed by atoms with Gasteiger partial charge in [0, 0.05) is 17.8 Å². The summed E-state index contributed by atoms with van der Waals surface area (Å²) in [5.41, 5.74) is 5.78. The standard InChI is InChI=1S/C25H23N3O4/c1-30-20-13-14-21(23(15-20)31-2)24-22(16-28(26-24)19-11-7-4-8-12-19)25(29)27-32-17-18-9-5-3-6-10-18/h3-16H,17H2,1-2H3,(H,27,29). The van der Waals surface area contributed by atoms with Crippen LogP contribution < -0.4 is 15.0 Å². The van der Waals surface area contributed by atoms with Crippen molar-refractivity contribution in [2.24, 2.45) is 0 Å². The number of hydrogen-bond donors (Lipinski definition) is 1. The number of amides is 1.